The monoisotopic (exact) mass is 488 g/mol. The summed E-state index contributed by atoms with van der Waals surface area (Å²) in [4.78, 5) is 35.5. The van der Waals surface area contributed by atoms with Crippen molar-refractivity contribution in [3.8, 4) is 0 Å². The number of para-hydroxylation sites is 1. The maximum atomic E-state index is 13.6. The molecule has 0 unspecified atom stereocenters. The van der Waals surface area contributed by atoms with Gasteiger partial charge in [-0.3, -0.25) is 14.0 Å². The minimum atomic E-state index is -0.391. The number of carbonyl (C=O) groups excluding carboxylic acids is 1. The second-order valence-electron chi connectivity index (χ2n) is 7.92. The number of pyridine rings is 2. The molecule has 0 radical (unpaired) electrons. The second-order valence-corrected chi connectivity index (χ2v) is 9.95. The summed E-state index contributed by atoms with van der Waals surface area (Å²) in [6.45, 7) is 3.11. The number of nitrogens with zero attached hydrogens (tertiary/aromatic N) is 3. The lowest BCUT2D eigenvalue weighted by molar-refractivity contribution is 0.0958. The number of rotatable bonds is 4. The standard InChI is InChI=1S/C25H20N4O3S2/c30-22-17-8-9-20(28-10-12-32-13-11-28)27-23(17)29-18-6-1-2-7-19(18)34-25(29)21(22)24(31)26-15-16-5-3-4-14-33-16/h1-4,6-9,14H,10-13,15H2,(H,26,31). The van der Waals surface area contributed by atoms with Gasteiger partial charge in [-0.1, -0.05) is 23.9 Å². The van der Waals surface area contributed by atoms with Gasteiger partial charge in [-0.2, -0.15) is 0 Å². The minimum absolute atomic E-state index is 0.149. The fourth-order valence-corrected chi connectivity index (χ4v) is 6.02. The number of fused-ring (bicyclic) bond motifs is 5. The Balaban J connectivity index is 1.53. The Morgan fingerprint density at radius 3 is 2.85 bits per heavy atom. The smallest absolute Gasteiger partial charge is 0.258 e. The zero-order chi connectivity index (χ0) is 23.1. The van der Waals surface area contributed by atoms with Crippen molar-refractivity contribution >= 4 is 60.9 Å². The fraction of sp³-hybridized carbons (Fsp3) is 0.200. The van der Waals surface area contributed by atoms with Gasteiger partial charge in [-0.05, 0) is 41.8 Å². The molecule has 1 amide bonds. The predicted molar refractivity (Wildman–Crippen MR) is 138 cm³/mol. The average molecular weight is 489 g/mol. The Hall–Kier alpha value is -3.36. The molecule has 9 heteroatoms. The number of benzene rings is 1. The average Bonchev–Trinajstić information content (AvgIpc) is 3.27. The maximum absolute atomic E-state index is 13.6. The molecule has 1 aromatic carbocycles. The van der Waals surface area contributed by atoms with E-state index in [-0.39, 0.29) is 11.0 Å². The van der Waals surface area contributed by atoms with E-state index in [1.54, 1.807) is 6.07 Å². The van der Waals surface area contributed by atoms with Crippen molar-refractivity contribution in [1.82, 2.24) is 14.7 Å². The lowest BCUT2D eigenvalue weighted by atomic mass is 10.1. The van der Waals surface area contributed by atoms with Crippen LogP contribution in [0.4, 0.5) is 5.82 Å². The molecule has 1 N–H and O–H groups in total. The lowest BCUT2D eigenvalue weighted by Crippen LogP contribution is -2.37. The van der Waals surface area contributed by atoms with Crippen LogP contribution >= 0.6 is 23.1 Å². The summed E-state index contributed by atoms with van der Waals surface area (Å²) in [6, 6.07) is 11.6. The van der Waals surface area contributed by atoms with Gasteiger partial charge in [0.2, 0.25) is 5.43 Å². The van der Waals surface area contributed by atoms with Crippen LogP contribution in [0.3, 0.4) is 0 Å². The number of amides is 1. The Bertz CT molecular complexity index is 1610. The summed E-state index contributed by atoms with van der Waals surface area (Å²) in [5.41, 5.74) is 4.45. The van der Waals surface area contributed by atoms with Crippen molar-refractivity contribution in [2.75, 3.05) is 37.7 Å². The first-order valence-corrected chi connectivity index (χ1v) is 12.7. The second kappa shape index (κ2) is 8.77. The Labute approximate surface area is 203 Å². The highest BCUT2D eigenvalue weighted by Crippen LogP contribution is 2.31. The van der Waals surface area contributed by atoms with Crippen LogP contribution in [-0.2, 0) is 4.74 Å². The number of hydrogen-bond donors (Lipinski definition) is 1. The highest BCUT2D eigenvalue weighted by molar-refractivity contribution is 8.05. The number of thioether (sulfide) groups is 1. The first kappa shape index (κ1) is 21.2. The molecule has 1 saturated heterocycles. The molecule has 34 heavy (non-hydrogen) atoms. The van der Waals surface area contributed by atoms with Gasteiger partial charge in [-0.25, -0.2) is 4.98 Å². The molecule has 0 aliphatic carbocycles. The van der Waals surface area contributed by atoms with E-state index < -0.39 is 5.91 Å². The summed E-state index contributed by atoms with van der Waals surface area (Å²) in [5.74, 6) is 0.412. The number of hydrogen-bond acceptors (Lipinski definition) is 7. The molecule has 170 valence electrons. The van der Waals surface area contributed by atoms with Crippen LogP contribution in [-0.4, -0.2) is 48.1 Å². The van der Waals surface area contributed by atoms with Gasteiger partial charge in [0.05, 0.1) is 40.3 Å². The topological polar surface area (TPSA) is 75.9 Å². The van der Waals surface area contributed by atoms with E-state index in [1.165, 1.54) is 23.1 Å². The molecule has 6 rings (SSSR count). The molecule has 4 aromatic rings. The summed E-state index contributed by atoms with van der Waals surface area (Å²) >= 11 is 2.94. The van der Waals surface area contributed by atoms with Crippen LogP contribution in [0.5, 0.6) is 0 Å². The molecule has 0 spiro atoms. The number of ether oxygens (including phenoxy) is 1. The largest absolute Gasteiger partial charge is 0.378 e. The van der Waals surface area contributed by atoms with Crippen molar-refractivity contribution in [3.05, 3.63) is 80.4 Å². The molecule has 0 atom stereocenters. The zero-order valence-electron chi connectivity index (χ0n) is 18.1. The van der Waals surface area contributed by atoms with Crippen LogP contribution in [0.15, 0.2) is 69.4 Å². The Morgan fingerprint density at radius 1 is 1.18 bits per heavy atom. The van der Waals surface area contributed by atoms with Gasteiger partial charge in [-0.15, -0.1) is 17.1 Å². The van der Waals surface area contributed by atoms with Crippen molar-refractivity contribution in [2.24, 2.45) is 0 Å². The van der Waals surface area contributed by atoms with E-state index >= 15 is 0 Å². The molecule has 2 aliphatic heterocycles. The van der Waals surface area contributed by atoms with Crippen molar-refractivity contribution < 1.29 is 9.53 Å². The maximum Gasteiger partial charge on any atom is 0.258 e. The first-order chi connectivity index (χ1) is 16.7. The summed E-state index contributed by atoms with van der Waals surface area (Å²) in [7, 11) is 0. The number of anilines is 1. The number of thiazole rings is 1. The molecule has 2 aliphatic rings. The number of carbonyl (C=O) groups is 1. The van der Waals surface area contributed by atoms with Gasteiger partial charge in [0.15, 0.2) is 5.65 Å². The van der Waals surface area contributed by atoms with Crippen LogP contribution in [0.2, 0.25) is 0 Å². The predicted octanol–water partition coefficient (Wildman–Crippen LogP) is 3.93. The van der Waals surface area contributed by atoms with E-state index in [0.717, 1.165) is 34.0 Å². The van der Waals surface area contributed by atoms with Crippen molar-refractivity contribution in [3.63, 3.8) is 0 Å². The number of allylic oxidation sites excluding steroid dienone is 1. The molecule has 7 nitrogen and oxygen atoms in total. The van der Waals surface area contributed by atoms with Gasteiger partial charge in [0.25, 0.3) is 5.91 Å². The quantitative estimate of drug-likeness (QED) is 0.439. The van der Waals surface area contributed by atoms with Gasteiger partial charge >= 0.3 is 0 Å². The third-order valence-corrected chi connectivity index (χ3v) is 7.86. The number of nitrogens with one attached hydrogen (secondary N) is 1. The molecule has 5 heterocycles. The Kier molecular flexibility index (Phi) is 5.47. The van der Waals surface area contributed by atoms with Crippen LogP contribution < -0.4 is 15.6 Å². The van der Waals surface area contributed by atoms with Crippen molar-refractivity contribution in [1.29, 1.82) is 0 Å². The van der Waals surface area contributed by atoms with E-state index in [1.807, 2.05) is 52.3 Å². The van der Waals surface area contributed by atoms with Crippen LogP contribution in [0.1, 0.15) is 10.4 Å². The lowest BCUT2D eigenvalue weighted by Gasteiger charge is -2.27. The third-order valence-electron chi connectivity index (χ3n) is 5.87. The molecule has 0 saturated carbocycles. The minimum Gasteiger partial charge on any atom is -0.378 e. The highest BCUT2D eigenvalue weighted by atomic mass is 32.2. The van der Waals surface area contributed by atoms with Crippen LogP contribution in [0, 0.1) is 0 Å². The molecule has 3 aromatic heterocycles. The first-order valence-electron chi connectivity index (χ1n) is 11.0. The van der Waals surface area contributed by atoms with E-state index in [4.69, 9.17) is 9.72 Å². The summed E-state index contributed by atoms with van der Waals surface area (Å²) in [6.07, 6.45) is 3.70. The molecular weight excluding hydrogens is 468 g/mol. The summed E-state index contributed by atoms with van der Waals surface area (Å²) < 4.78 is 8.41. The van der Waals surface area contributed by atoms with E-state index in [0.29, 0.717) is 35.6 Å². The molecular formula is C25H20N4O3S2. The van der Waals surface area contributed by atoms with E-state index in [9.17, 15) is 9.59 Å². The SMILES string of the molecule is O=C(NCC1=C=CC=CS1)c1c(=O)c2ccc(N3CCOCC3)nc2n2c1sc1ccccc12. The third kappa shape index (κ3) is 3.63. The summed E-state index contributed by atoms with van der Waals surface area (Å²) in [5, 5.41) is 5.27. The van der Waals surface area contributed by atoms with Gasteiger partial charge in [0.1, 0.15) is 16.2 Å². The fourth-order valence-electron chi connectivity index (χ4n) is 4.22. The van der Waals surface area contributed by atoms with Crippen LogP contribution in [0.25, 0.3) is 26.1 Å². The number of aromatic nitrogens is 2. The van der Waals surface area contributed by atoms with Crippen molar-refractivity contribution in [2.45, 2.75) is 0 Å². The van der Waals surface area contributed by atoms with E-state index in [2.05, 4.69) is 15.9 Å². The normalized spacial score (nSPS) is 15.9. The zero-order valence-corrected chi connectivity index (χ0v) is 19.7. The Morgan fingerprint density at radius 2 is 2.03 bits per heavy atom. The number of morpholine rings is 1. The van der Waals surface area contributed by atoms with Gasteiger partial charge < -0.3 is 15.0 Å². The highest BCUT2D eigenvalue weighted by Gasteiger charge is 2.23. The molecule has 1 fully saturated rings. The van der Waals surface area contributed by atoms with Gasteiger partial charge in [0, 0.05) is 13.1 Å². The molecule has 0 bridgehead atoms.